The summed E-state index contributed by atoms with van der Waals surface area (Å²) >= 11 is 0. The van der Waals surface area contributed by atoms with Crippen molar-refractivity contribution in [1.82, 2.24) is 14.3 Å². The van der Waals surface area contributed by atoms with Crippen LogP contribution >= 0.6 is 0 Å². The standard InChI is InChI=1S/C15H19N3O4S2/c1-23(19,20)13-6-2-3-7-14(13)24(21,22)16-10-12-11-18-9-5-4-8-15(18)17-12/h2-3,6-7,11,16H,4-5,8-10H2,1H3. The van der Waals surface area contributed by atoms with Gasteiger partial charge in [-0.1, -0.05) is 12.1 Å². The Morgan fingerprint density at radius 2 is 1.83 bits per heavy atom. The summed E-state index contributed by atoms with van der Waals surface area (Å²) in [5.74, 6) is 0.965. The molecule has 0 spiro atoms. The second kappa shape index (κ2) is 6.30. The van der Waals surface area contributed by atoms with Gasteiger partial charge in [-0.15, -0.1) is 0 Å². The molecule has 0 fully saturated rings. The van der Waals surface area contributed by atoms with Gasteiger partial charge in [0, 0.05) is 25.4 Å². The van der Waals surface area contributed by atoms with Gasteiger partial charge in [0.15, 0.2) is 9.84 Å². The van der Waals surface area contributed by atoms with Gasteiger partial charge in [-0.25, -0.2) is 26.5 Å². The number of imidazole rings is 1. The van der Waals surface area contributed by atoms with Crippen molar-refractivity contribution in [3.05, 3.63) is 42.0 Å². The lowest BCUT2D eigenvalue weighted by molar-refractivity contribution is 0.522. The molecule has 0 atom stereocenters. The molecule has 0 saturated carbocycles. The smallest absolute Gasteiger partial charge is 0.242 e. The number of aromatic nitrogens is 2. The molecule has 1 aliphatic heterocycles. The SMILES string of the molecule is CS(=O)(=O)c1ccccc1S(=O)(=O)NCc1cn2c(n1)CCCC2. The molecule has 2 heterocycles. The summed E-state index contributed by atoms with van der Waals surface area (Å²) in [6.45, 7) is 0.923. The first kappa shape index (κ1) is 17.1. The minimum absolute atomic E-state index is 0.0282. The van der Waals surface area contributed by atoms with Crippen LogP contribution in [0.2, 0.25) is 0 Å². The van der Waals surface area contributed by atoms with Crippen molar-refractivity contribution < 1.29 is 16.8 Å². The lowest BCUT2D eigenvalue weighted by atomic mass is 10.2. The second-order valence-corrected chi connectivity index (χ2v) is 9.56. The fourth-order valence-electron chi connectivity index (χ4n) is 2.78. The molecule has 0 radical (unpaired) electrons. The lowest BCUT2D eigenvalue weighted by Gasteiger charge is -2.11. The van der Waals surface area contributed by atoms with E-state index in [2.05, 4.69) is 9.71 Å². The zero-order valence-corrected chi connectivity index (χ0v) is 14.9. The third kappa shape index (κ3) is 3.52. The summed E-state index contributed by atoms with van der Waals surface area (Å²) < 4.78 is 53.1. The van der Waals surface area contributed by atoms with Crippen LogP contribution in [0.3, 0.4) is 0 Å². The molecule has 3 rings (SSSR count). The van der Waals surface area contributed by atoms with E-state index >= 15 is 0 Å². The van der Waals surface area contributed by atoms with Crippen LogP contribution in [0, 0.1) is 0 Å². The predicted molar refractivity (Wildman–Crippen MR) is 88.7 cm³/mol. The highest BCUT2D eigenvalue weighted by Gasteiger charge is 2.23. The number of hydrogen-bond donors (Lipinski definition) is 1. The minimum Gasteiger partial charge on any atom is -0.335 e. The first-order valence-corrected chi connectivity index (χ1v) is 11.0. The molecular weight excluding hydrogens is 350 g/mol. The average Bonchev–Trinajstić information content (AvgIpc) is 2.95. The van der Waals surface area contributed by atoms with Crippen molar-refractivity contribution in [2.45, 2.75) is 42.1 Å². The fourth-order valence-corrected chi connectivity index (χ4v) is 5.41. The van der Waals surface area contributed by atoms with E-state index in [9.17, 15) is 16.8 Å². The Bertz CT molecular complexity index is 939. The van der Waals surface area contributed by atoms with Crippen LogP contribution < -0.4 is 4.72 Å². The van der Waals surface area contributed by atoms with Gasteiger partial charge in [0.05, 0.1) is 17.1 Å². The quantitative estimate of drug-likeness (QED) is 0.851. The molecule has 0 amide bonds. The highest BCUT2D eigenvalue weighted by Crippen LogP contribution is 2.21. The molecule has 24 heavy (non-hydrogen) atoms. The summed E-state index contributed by atoms with van der Waals surface area (Å²) in [4.78, 5) is 3.99. The fraction of sp³-hybridized carbons (Fsp3) is 0.400. The van der Waals surface area contributed by atoms with Crippen LogP contribution in [0.1, 0.15) is 24.4 Å². The highest BCUT2D eigenvalue weighted by molar-refractivity contribution is 7.93. The molecule has 1 N–H and O–H groups in total. The molecule has 7 nitrogen and oxygen atoms in total. The van der Waals surface area contributed by atoms with Crippen molar-refractivity contribution in [3.8, 4) is 0 Å². The zero-order valence-electron chi connectivity index (χ0n) is 13.3. The minimum atomic E-state index is -3.95. The molecule has 9 heteroatoms. The molecule has 0 unspecified atom stereocenters. The van der Waals surface area contributed by atoms with Gasteiger partial charge >= 0.3 is 0 Å². The Labute approximate surface area is 141 Å². The molecule has 0 bridgehead atoms. The number of sulfonamides is 1. The number of sulfone groups is 1. The van der Waals surface area contributed by atoms with Gasteiger partial charge < -0.3 is 4.57 Å². The monoisotopic (exact) mass is 369 g/mol. The van der Waals surface area contributed by atoms with Crippen LogP contribution in [0.4, 0.5) is 0 Å². The Kier molecular flexibility index (Phi) is 4.50. The van der Waals surface area contributed by atoms with E-state index in [1.165, 1.54) is 24.3 Å². The number of benzene rings is 1. The molecule has 130 valence electrons. The van der Waals surface area contributed by atoms with E-state index in [4.69, 9.17) is 0 Å². The maximum atomic E-state index is 12.5. The van der Waals surface area contributed by atoms with E-state index in [1.807, 2.05) is 10.8 Å². The van der Waals surface area contributed by atoms with Crippen LogP contribution in [0.5, 0.6) is 0 Å². The largest absolute Gasteiger partial charge is 0.335 e. The molecule has 0 aliphatic carbocycles. The third-order valence-electron chi connectivity index (χ3n) is 3.94. The Morgan fingerprint density at radius 1 is 1.12 bits per heavy atom. The van der Waals surface area contributed by atoms with Crippen LogP contribution in [0.25, 0.3) is 0 Å². The van der Waals surface area contributed by atoms with Crippen molar-refractivity contribution in [2.75, 3.05) is 6.26 Å². The van der Waals surface area contributed by atoms with Crippen molar-refractivity contribution in [1.29, 1.82) is 0 Å². The lowest BCUT2D eigenvalue weighted by Crippen LogP contribution is -2.25. The topological polar surface area (TPSA) is 98.1 Å². The van der Waals surface area contributed by atoms with E-state index in [-0.39, 0.29) is 16.3 Å². The maximum Gasteiger partial charge on any atom is 0.242 e. The van der Waals surface area contributed by atoms with Crippen LogP contribution in [0.15, 0.2) is 40.3 Å². The Morgan fingerprint density at radius 3 is 2.50 bits per heavy atom. The van der Waals surface area contributed by atoms with Gasteiger partial charge in [0.1, 0.15) is 10.7 Å². The molecule has 1 aromatic heterocycles. The summed E-state index contributed by atoms with van der Waals surface area (Å²) in [5, 5.41) is 0. The molecular formula is C15H19N3O4S2. The molecule has 1 aromatic carbocycles. The van der Waals surface area contributed by atoms with E-state index in [0.29, 0.717) is 5.69 Å². The Hall–Kier alpha value is -1.71. The van der Waals surface area contributed by atoms with E-state index < -0.39 is 19.9 Å². The van der Waals surface area contributed by atoms with E-state index in [0.717, 1.165) is 37.9 Å². The number of fused-ring (bicyclic) bond motifs is 1. The number of hydrogen-bond acceptors (Lipinski definition) is 5. The summed E-state index contributed by atoms with van der Waals surface area (Å²) in [6, 6.07) is 5.58. The van der Waals surface area contributed by atoms with Crippen molar-refractivity contribution in [3.63, 3.8) is 0 Å². The van der Waals surface area contributed by atoms with Gasteiger partial charge in [0.25, 0.3) is 0 Å². The molecule has 0 saturated heterocycles. The number of nitrogens with one attached hydrogen (secondary N) is 1. The summed E-state index contributed by atoms with van der Waals surface area (Å²) in [6.07, 6.45) is 5.91. The predicted octanol–water partition coefficient (Wildman–Crippen LogP) is 1.10. The first-order valence-electron chi connectivity index (χ1n) is 7.61. The van der Waals surface area contributed by atoms with E-state index in [1.54, 1.807) is 0 Å². The average molecular weight is 369 g/mol. The zero-order chi connectivity index (χ0) is 17.4. The maximum absolute atomic E-state index is 12.5. The number of aryl methyl sites for hydroxylation is 2. The molecule has 1 aliphatic rings. The van der Waals surface area contributed by atoms with Gasteiger partial charge in [-0.05, 0) is 25.0 Å². The van der Waals surface area contributed by atoms with Gasteiger partial charge in [-0.3, -0.25) is 0 Å². The van der Waals surface area contributed by atoms with Crippen LogP contribution in [-0.2, 0) is 39.4 Å². The van der Waals surface area contributed by atoms with Gasteiger partial charge in [-0.2, -0.15) is 0 Å². The highest BCUT2D eigenvalue weighted by atomic mass is 32.2. The summed E-state index contributed by atoms with van der Waals surface area (Å²) in [5.41, 5.74) is 0.632. The third-order valence-corrected chi connectivity index (χ3v) is 6.68. The van der Waals surface area contributed by atoms with Crippen molar-refractivity contribution in [2.24, 2.45) is 0 Å². The number of rotatable bonds is 5. The normalized spacial score (nSPS) is 15.2. The Balaban J connectivity index is 1.84. The number of nitrogens with zero attached hydrogens (tertiary/aromatic N) is 2. The van der Waals surface area contributed by atoms with Gasteiger partial charge in [0.2, 0.25) is 10.0 Å². The second-order valence-electron chi connectivity index (χ2n) is 5.84. The van der Waals surface area contributed by atoms with Crippen LogP contribution in [-0.4, -0.2) is 32.6 Å². The molecule has 2 aromatic rings. The first-order chi connectivity index (χ1) is 11.3. The summed E-state index contributed by atoms with van der Waals surface area (Å²) in [7, 11) is -7.59. The van der Waals surface area contributed by atoms with Crippen molar-refractivity contribution >= 4 is 19.9 Å².